The van der Waals surface area contributed by atoms with E-state index in [9.17, 15) is 0 Å². The van der Waals surface area contributed by atoms with E-state index in [1.54, 1.807) is 0 Å². The Bertz CT molecular complexity index is 416. The lowest BCUT2D eigenvalue weighted by Gasteiger charge is -2.26. The van der Waals surface area contributed by atoms with Gasteiger partial charge in [0.05, 0.1) is 11.7 Å². The van der Waals surface area contributed by atoms with Crippen molar-refractivity contribution in [3.8, 4) is 0 Å². The zero-order chi connectivity index (χ0) is 13.9. The SMILES string of the molecule is CC(C)c1csc(C(CC2CCCCC2)NC2CC2)n1. The number of thiazole rings is 1. The molecule has 2 nitrogen and oxygen atoms in total. The van der Waals surface area contributed by atoms with E-state index in [-0.39, 0.29) is 0 Å². The van der Waals surface area contributed by atoms with Crippen LogP contribution in [0.1, 0.15) is 87.9 Å². The van der Waals surface area contributed by atoms with Crippen LogP contribution in [0.3, 0.4) is 0 Å². The second kappa shape index (κ2) is 6.57. The van der Waals surface area contributed by atoms with Gasteiger partial charge in [-0.25, -0.2) is 4.98 Å². The molecule has 3 heteroatoms. The lowest BCUT2D eigenvalue weighted by Crippen LogP contribution is -2.26. The van der Waals surface area contributed by atoms with Gasteiger partial charge in [0.15, 0.2) is 0 Å². The predicted molar refractivity (Wildman–Crippen MR) is 86.3 cm³/mol. The number of nitrogens with zero attached hydrogens (tertiary/aromatic N) is 1. The Kier molecular flexibility index (Phi) is 4.77. The first kappa shape index (κ1) is 14.5. The van der Waals surface area contributed by atoms with Gasteiger partial charge in [-0.2, -0.15) is 0 Å². The van der Waals surface area contributed by atoms with Gasteiger partial charge in [0.1, 0.15) is 5.01 Å². The molecular formula is C17H28N2S. The van der Waals surface area contributed by atoms with Gasteiger partial charge in [-0.1, -0.05) is 46.0 Å². The van der Waals surface area contributed by atoms with E-state index in [2.05, 4.69) is 24.5 Å². The van der Waals surface area contributed by atoms with Crippen molar-refractivity contribution in [3.05, 3.63) is 16.1 Å². The molecule has 2 aliphatic carbocycles. The molecule has 0 saturated heterocycles. The summed E-state index contributed by atoms with van der Waals surface area (Å²) >= 11 is 1.87. The van der Waals surface area contributed by atoms with Crippen LogP contribution in [0.15, 0.2) is 5.38 Å². The van der Waals surface area contributed by atoms with E-state index in [0.29, 0.717) is 12.0 Å². The molecule has 2 fully saturated rings. The Morgan fingerprint density at radius 1 is 1.20 bits per heavy atom. The van der Waals surface area contributed by atoms with E-state index < -0.39 is 0 Å². The standard InChI is InChI=1S/C17H28N2S/c1-12(2)16-11-20-17(19-16)15(18-14-8-9-14)10-13-6-4-3-5-7-13/h11-15,18H,3-10H2,1-2H3. The van der Waals surface area contributed by atoms with Gasteiger partial charge < -0.3 is 5.32 Å². The van der Waals surface area contributed by atoms with Crippen molar-refractivity contribution in [3.63, 3.8) is 0 Å². The topological polar surface area (TPSA) is 24.9 Å². The molecule has 20 heavy (non-hydrogen) atoms. The number of aromatic nitrogens is 1. The van der Waals surface area contributed by atoms with Crippen LogP contribution in [0.4, 0.5) is 0 Å². The monoisotopic (exact) mass is 292 g/mol. The van der Waals surface area contributed by atoms with Gasteiger partial charge in [0, 0.05) is 11.4 Å². The van der Waals surface area contributed by atoms with Crippen molar-refractivity contribution in [2.45, 2.75) is 83.2 Å². The van der Waals surface area contributed by atoms with Crippen molar-refractivity contribution in [1.29, 1.82) is 0 Å². The molecule has 1 unspecified atom stereocenters. The molecule has 0 amide bonds. The maximum Gasteiger partial charge on any atom is 0.110 e. The van der Waals surface area contributed by atoms with Crippen LogP contribution in [-0.4, -0.2) is 11.0 Å². The molecule has 1 N–H and O–H groups in total. The number of hydrogen-bond acceptors (Lipinski definition) is 3. The van der Waals surface area contributed by atoms with E-state index in [4.69, 9.17) is 4.98 Å². The zero-order valence-electron chi connectivity index (χ0n) is 12.9. The fourth-order valence-corrected chi connectivity index (χ4v) is 4.31. The van der Waals surface area contributed by atoms with Crippen LogP contribution in [0.2, 0.25) is 0 Å². The Hall–Kier alpha value is -0.410. The van der Waals surface area contributed by atoms with Crippen LogP contribution >= 0.6 is 11.3 Å². The molecule has 112 valence electrons. The van der Waals surface area contributed by atoms with Gasteiger partial charge in [0.25, 0.3) is 0 Å². The van der Waals surface area contributed by atoms with Crippen molar-refractivity contribution in [1.82, 2.24) is 10.3 Å². The number of rotatable bonds is 6. The number of hydrogen-bond donors (Lipinski definition) is 1. The molecule has 1 aromatic heterocycles. The van der Waals surface area contributed by atoms with E-state index in [1.807, 2.05) is 11.3 Å². The third-order valence-corrected chi connectivity index (χ3v) is 5.71. The molecule has 1 heterocycles. The molecular weight excluding hydrogens is 264 g/mol. The molecule has 0 aliphatic heterocycles. The van der Waals surface area contributed by atoms with Crippen LogP contribution in [0.25, 0.3) is 0 Å². The first-order valence-electron chi connectivity index (χ1n) is 8.43. The average Bonchev–Trinajstić information content (AvgIpc) is 3.12. The molecule has 1 atom stereocenters. The minimum Gasteiger partial charge on any atom is -0.305 e. The fraction of sp³-hybridized carbons (Fsp3) is 0.824. The highest BCUT2D eigenvalue weighted by molar-refractivity contribution is 7.09. The van der Waals surface area contributed by atoms with Gasteiger partial charge in [-0.05, 0) is 31.1 Å². The van der Waals surface area contributed by atoms with Gasteiger partial charge in [-0.15, -0.1) is 11.3 Å². The van der Waals surface area contributed by atoms with E-state index in [1.165, 1.54) is 62.1 Å². The molecule has 1 aromatic rings. The van der Waals surface area contributed by atoms with E-state index in [0.717, 1.165) is 12.0 Å². The fourth-order valence-electron chi connectivity index (χ4n) is 3.26. The minimum atomic E-state index is 0.517. The smallest absolute Gasteiger partial charge is 0.110 e. The quantitative estimate of drug-likeness (QED) is 0.795. The summed E-state index contributed by atoms with van der Waals surface area (Å²) in [6, 6.07) is 1.29. The highest BCUT2D eigenvalue weighted by Crippen LogP contribution is 2.35. The second-order valence-electron chi connectivity index (χ2n) is 7.00. The third kappa shape index (κ3) is 3.82. The highest BCUT2D eigenvalue weighted by atomic mass is 32.1. The van der Waals surface area contributed by atoms with Crippen LogP contribution in [0.5, 0.6) is 0 Å². The Morgan fingerprint density at radius 2 is 1.95 bits per heavy atom. The summed E-state index contributed by atoms with van der Waals surface area (Å²) in [6.45, 7) is 4.48. The summed E-state index contributed by atoms with van der Waals surface area (Å²) in [4.78, 5) is 4.91. The average molecular weight is 292 g/mol. The second-order valence-corrected chi connectivity index (χ2v) is 7.89. The summed E-state index contributed by atoms with van der Waals surface area (Å²) in [5, 5.41) is 7.46. The molecule has 2 saturated carbocycles. The molecule has 3 rings (SSSR count). The third-order valence-electron chi connectivity index (χ3n) is 4.74. The summed E-state index contributed by atoms with van der Waals surface area (Å²) in [5.74, 6) is 1.47. The van der Waals surface area contributed by atoms with Gasteiger partial charge in [-0.3, -0.25) is 0 Å². The van der Waals surface area contributed by atoms with Crippen LogP contribution in [0, 0.1) is 5.92 Å². The molecule has 0 bridgehead atoms. The largest absolute Gasteiger partial charge is 0.305 e. The molecule has 2 aliphatic rings. The lowest BCUT2D eigenvalue weighted by atomic mass is 9.85. The van der Waals surface area contributed by atoms with Crippen molar-refractivity contribution in [2.24, 2.45) is 5.92 Å². The highest BCUT2D eigenvalue weighted by Gasteiger charge is 2.29. The maximum atomic E-state index is 4.91. The summed E-state index contributed by atoms with van der Waals surface area (Å²) < 4.78 is 0. The minimum absolute atomic E-state index is 0.517. The van der Waals surface area contributed by atoms with Crippen molar-refractivity contribution in [2.75, 3.05) is 0 Å². The zero-order valence-corrected chi connectivity index (χ0v) is 13.7. The van der Waals surface area contributed by atoms with Crippen molar-refractivity contribution < 1.29 is 0 Å². The Labute approximate surface area is 127 Å². The summed E-state index contributed by atoms with van der Waals surface area (Å²) in [6.07, 6.45) is 11.2. The van der Waals surface area contributed by atoms with Crippen LogP contribution < -0.4 is 5.32 Å². The molecule has 0 spiro atoms. The van der Waals surface area contributed by atoms with E-state index >= 15 is 0 Å². The Morgan fingerprint density at radius 3 is 2.55 bits per heavy atom. The van der Waals surface area contributed by atoms with Crippen LogP contribution in [-0.2, 0) is 0 Å². The normalized spacial score (nSPS) is 22.4. The summed E-state index contributed by atoms with van der Waals surface area (Å²) in [7, 11) is 0. The van der Waals surface area contributed by atoms with Gasteiger partial charge >= 0.3 is 0 Å². The molecule has 0 aromatic carbocycles. The van der Waals surface area contributed by atoms with Crippen molar-refractivity contribution >= 4 is 11.3 Å². The summed E-state index contributed by atoms with van der Waals surface area (Å²) in [5.41, 5.74) is 1.27. The molecule has 0 radical (unpaired) electrons. The first-order chi connectivity index (χ1) is 9.72. The predicted octanol–water partition coefficient (Wildman–Crippen LogP) is 5.03. The number of nitrogens with one attached hydrogen (secondary N) is 1. The lowest BCUT2D eigenvalue weighted by molar-refractivity contribution is 0.298. The van der Waals surface area contributed by atoms with Gasteiger partial charge in [0.2, 0.25) is 0 Å². The first-order valence-corrected chi connectivity index (χ1v) is 9.31. The Balaban J connectivity index is 1.66. The maximum absolute atomic E-state index is 4.91.